The van der Waals surface area contributed by atoms with Crippen LogP contribution in [-0.4, -0.2) is 47.8 Å². The molecule has 2 aromatic rings. The van der Waals surface area contributed by atoms with Gasteiger partial charge in [-0.15, -0.1) is 0 Å². The van der Waals surface area contributed by atoms with Crippen LogP contribution in [0.4, 0.5) is 0 Å². The van der Waals surface area contributed by atoms with Crippen LogP contribution < -0.4 is 19.6 Å². The van der Waals surface area contributed by atoms with Crippen molar-refractivity contribution in [2.24, 2.45) is 11.8 Å². The van der Waals surface area contributed by atoms with Crippen molar-refractivity contribution in [1.82, 2.24) is 0 Å². The number of aryl methyl sites for hydroxylation is 1. The van der Waals surface area contributed by atoms with E-state index in [1.807, 2.05) is 19.1 Å². The summed E-state index contributed by atoms with van der Waals surface area (Å²) in [5.74, 6) is 2.07. The molecule has 0 aliphatic carbocycles. The molecule has 210 valence electrons. The Bertz CT molecular complexity index is 1210. The van der Waals surface area contributed by atoms with E-state index in [0.29, 0.717) is 46.0 Å². The van der Waals surface area contributed by atoms with E-state index in [2.05, 4.69) is 39.0 Å². The van der Waals surface area contributed by atoms with Gasteiger partial charge in [0.25, 0.3) is 0 Å². The van der Waals surface area contributed by atoms with Crippen LogP contribution in [0.3, 0.4) is 0 Å². The minimum atomic E-state index is -0.144. The summed E-state index contributed by atoms with van der Waals surface area (Å²) < 4.78 is 34.5. The molecule has 0 N–H and O–H groups in total. The number of benzene rings is 1. The topological polar surface area (TPSA) is 76.4 Å². The van der Waals surface area contributed by atoms with Crippen molar-refractivity contribution in [3.8, 4) is 17.2 Å². The average molecular weight is 529 g/mol. The summed E-state index contributed by atoms with van der Waals surface area (Å²) in [6.45, 7) is 10.1. The fourth-order valence-corrected chi connectivity index (χ4v) is 4.79. The molecule has 0 spiro atoms. The van der Waals surface area contributed by atoms with Crippen LogP contribution in [0, 0.1) is 18.8 Å². The number of hydrogen-bond acceptors (Lipinski definition) is 7. The van der Waals surface area contributed by atoms with Gasteiger partial charge in [0.1, 0.15) is 16.9 Å². The predicted octanol–water partition coefficient (Wildman–Crippen LogP) is 6.44. The monoisotopic (exact) mass is 528 g/mol. The Kier molecular flexibility index (Phi) is 12.1. The zero-order valence-corrected chi connectivity index (χ0v) is 24.5. The van der Waals surface area contributed by atoms with Crippen molar-refractivity contribution in [1.29, 1.82) is 0 Å². The van der Waals surface area contributed by atoms with Crippen molar-refractivity contribution in [3.63, 3.8) is 0 Å². The highest BCUT2D eigenvalue weighted by Crippen LogP contribution is 2.41. The molecule has 4 atom stereocenters. The maximum absolute atomic E-state index is 13.4. The summed E-state index contributed by atoms with van der Waals surface area (Å²) in [7, 11) is 8.01. The van der Waals surface area contributed by atoms with E-state index < -0.39 is 0 Å². The van der Waals surface area contributed by atoms with Crippen LogP contribution in [0.2, 0.25) is 0 Å². The minimum Gasteiger partial charge on any atom is -0.496 e. The molecule has 7 nitrogen and oxygen atoms in total. The van der Waals surface area contributed by atoms with Crippen molar-refractivity contribution < 1.29 is 28.1 Å². The largest absolute Gasteiger partial charge is 0.496 e. The van der Waals surface area contributed by atoms with Gasteiger partial charge in [-0.05, 0) is 33.1 Å². The van der Waals surface area contributed by atoms with Crippen molar-refractivity contribution >= 4 is 11.0 Å². The van der Waals surface area contributed by atoms with Gasteiger partial charge >= 0.3 is 0 Å². The SMILES string of the molecule is C/C=C(C)/C=C/C=C/C(OC)C(C)C(OC)C(C)CCc1oc2c(OC)c(OC)cc(OC)c2c(=O)c1C. The number of allylic oxidation sites excluding steroid dienone is 5. The normalized spacial score (nSPS) is 15.7. The van der Waals surface area contributed by atoms with Crippen molar-refractivity contribution in [3.05, 3.63) is 63.6 Å². The molecule has 0 amide bonds. The van der Waals surface area contributed by atoms with E-state index in [-0.39, 0.29) is 29.5 Å². The van der Waals surface area contributed by atoms with E-state index in [4.69, 9.17) is 28.1 Å². The van der Waals surface area contributed by atoms with E-state index in [9.17, 15) is 4.79 Å². The van der Waals surface area contributed by atoms with Crippen LogP contribution in [0.25, 0.3) is 11.0 Å². The summed E-state index contributed by atoms with van der Waals surface area (Å²) in [4.78, 5) is 13.4. The molecule has 0 aliphatic rings. The molecule has 0 radical (unpaired) electrons. The molecular weight excluding hydrogens is 484 g/mol. The van der Waals surface area contributed by atoms with Crippen LogP contribution >= 0.6 is 0 Å². The van der Waals surface area contributed by atoms with Gasteiger partial charge in [-0.3, -0.25) is 4.79 Å². The summed E-state index contributed by atoms with van der Waals surface area (Å²) in [5.41, 5.74) is 1.93. The Labute approximate surface area is 227 Å². The first-order valence-corrected chi connectivity index (χ1v) is 13.0. The number of ether oxygens (including phenoxy) is 5. The molecule has 2 rings (SSSR count). The van der Waals surface area contributed by atoms with Crippen molar-refractivity contribution in [2.45, 2.75) is 59.7 Å². The maximum atomic E-state index is 13.4. The van der Waals surface area contributed by atoms with Gasteiger partial charge in [0.2, 0.25) is 5.75 Å². The van der Waals surface area contributed by atoms with E-state index in [0.717, 1.165) is 6.42 Å². The summed E-state index contributed by atoms with van der Waals surface area (Å²) in [5, 5.41) is 0.344. The lowest BCUT2D eigenvalue weighted by atomic mass is 9.85. The van der Waals surface area contributed by atoms with Gasteiger partial charge in [0, 0.05) is 38.2 Å². The number of hydrogen-bond donors (Lipinski definition) is 0. The molecule has 0 saturated carbocycles. The third-order valence-corrected chi connectivity index (χ3v) is 7.22. The molecule has 4 unspecified atom stereocenters. The first-order chi connectivity index (χ1) is 18.2. The molecular formula is C31H44O7. The average Bonchev–Trinajstić information content (AvgIpc) is 2.93. The highest BCUT2D eigenvalue weighted by molar-refractivity contribution is 5.91. The second kappa shape index (κ2) is 14.8. The van der Waals surface area contributed by atoms with Gasteiger partial charge in [-0.1, -0.05) is 49.8 Å². The Morgan fingerprint density at radius 1 is 1.00 bits per heavy atom. The lowest BCUT2D eigenvalue weighted by Gasteiger charge is -2.32. The van der Waals surface area contributed by atoms with E-state index in [1.165, 1.54) is 26.9 Å². The summed E-state index contributed by atoms with van der Waals surface area (Å²) in [6, 6.07) is 1.64. The molecule has 0 aliphatic heterocycles. The smallest absolute Gasteiger partial charge is 0.205 e. The van der Waals surface area contributed by atoms with Gasteiger partial charge in [-0.25, -0.2) is 0 Å². The second-order valence-electron chi connectivity index (χ2n) is 9.55. The quantitative estimate of drug-likeness (QED) is 0.261. The Balaban J connectivity index is 2.31. The first kappa shape index (κ1) is 31.2. The van der Waals surface area contributed by atoms with Gasteiger partial charge in [0.15, 0.2) is 16.8 Å². The fourth-order valence-electron chi connectivity index (χ4n) is 4.79. The molecule has 1 aromatic carbocycles. The van der Waals surface area contributed by atoms with Gasteiger partial charge in [0.05, 0.1) is 33.5 Å². The Morgan fingerprint density at radius 2 is 1.68 bits per heavy atom. The van der Waals surface area contributed by atoms with E-state index in [1.54, 1.807) is 27.2 Å². The first-order valence-electron chi connectivity index (χ1n) is 13.0. The van der Waals surface area contributed by atoms with Gasteiger partial charge < -0.3 is 28.1 Å². The van der Waals surface area contributed by atoms with Crippen LogP contribution in [-0.2, 0) is 15.9 Å². The van der Waals surface area contributed by atoms with Crippen molar-refractivity contribution in [2.75, 3.05) is 35.5 Å². The molecule has 0 bridgehead atoms. The molecule has 0 saturated heterocycles. The van der Waals surface area contributed by atoms with Crippen LogP contribution in [0.5, 0.6) is 17.2 Å². The Morgan fingerprint density at radius 3 is 2.24 bits per heavy atom. The molecule has 7 heteroatoms. The molecule has 38 heavy (non-hydrogen) atoms. The van der Waals surface area contributed by atoms with Gasteiger partial charge in [-0.2, -0.15) is 0 Å². The third-order valence-electron chi connectivity index (χ3n) is 7.22. The zero-order valence-electron chi connectivity index (χ0n) is 24.5. The number of rotatable bonds is 14. The number of methoxy groups -OCH3 is 5. The summed E-state index contributed by atoms with van der Waals surface area (Å²) in [6.07, 6.45) is 11.4. The highest BCUT2D eigenvalue weighted by Gasteiger charge is 2.29. The molecule has 1 aromatic heterocycles. The third kappa shape index (κ3) is 7.08. The van der Waals surface area contributed by atoms with Crippen LogP contribution in [0.1, 0.15) is 45.4 Å². The molecule has 0 fully saturated rings. The zero-order chi connectivity index (χ0) is 28.4. The summed E-state index contributed by atoms with van der Waals surface area (Å²) >= 11 is 0. The Hall–Kier alpha value is -3.03. The second-order valence-corrected chi connectivity index (χ2v) is 9.55. The lowest BCUT2D eigenvalue weighted by molar-refractivity contribution is -0.0343. The lowest BCUT2D eigenvalue weighted by Crippen LogP contribution is -2.36. The minimum absolute atomic E-state index is 0.0620. The van der Waals surface area contributed by atoms with E-state index >= 15 is 0 Å². The highest BCUT2D eigenvalue weighted by atomic mass is 16.5. The fraction of sp³-hybridized carbons (Fsp3) is 0.516. The number of fused-ring (bicyclic) bond motifs is 1. The van der Waals surface area contributed by atoms with Crippen LogP contribution in [0.15, 0.2) is 51.2 Å². The standard InChI is InChI=1S/C31H44O7/c1-11-19(2)14-12-13-15-23(33-6)22(5)29(36-9)20(3)16-17-24-21(4)28(32)27-25(34-7)18-26(35-8)30(37-10)31(27)38-24/h11-15,18,20,22-23,29H,16-17H2,1-10H3/b14-12+,15-13+,19-11+. The predicted molar refractivity (Wildman–Crippen MR) is 153 cm³/mol. The molecule has 1 heterocycles. The maximum Gasteiger partial charge on any atom is 0.205 e.